The van der Waals surface area contributed by atoms with Gasteiger partial charge in [-0.1, -0.05) is 35.9 Å². The van der Waals surface area contributed by atoms with Crippen LogP contribution in [0.5, 0.6) is 11.8 Å². The molecule has 2 atom stereocenters. The van der Waals surface area contributed by atoms with Gasteiger partial charge in [-0.3, -0.25) is 0 Å². The number of phenolic OH excluding ortho intramolecular Hbond substituents is 1. The van der Waals surface area contributed by atoms with E-state index in [2.05, 4.69) is 32.1 Å². The summed E-state index contributed by atoms with van der Waals surface area (Å²) in [7, 11) is 3.65. The van der Waals surface area contributed by atoms with Crippen molar-refractivity contribution >= 4 is 39.1 Å². The summed E-state index contributed by atoms with van der Waals surface area (Å²) >= 11 is 6.73. The van der Waals surface area contributed by atoms with Gasteiger partial charge in [-0.25, -0.2) is 4.39 Å². The molecule has 2 unspecified atom stereocenters. The Morgan fingerprint density at radius 2 is 1.74 bits per heavy atom. The maximum absolute atomic E-state index is 16.2. The zero-order valence-electron chi connectivity index (χ0n) is 22.3. The predicted octanol–water partition coefficient (Wildman–Crippen LogP) is 5.61. The average Bonchev–Trinajstić information content (AvgIpc) is 3.51. The largest absolute Gasteiger partial charge is 0.508 e. The number of aromatic nitrogens is 2. The molecule has 0 amide bonds. The number of nitrogens with zero attached hydrogens (tertiary/aromatic N) is 4. The molecule has 9 heteroatoms. The maximum Gasteiger partial charge on any atom is 0.318 e. The Bertz CT molecular complexity index is 1510. The summed E-state index contributed by atoms with van der Waals surface area (Å²) in [5.41, 5.74) is 0.865. The van der Waals surface area contributed by atoms with Crippen molar-refractivity contribution in [1.29, 1.82) is 0 Å². The molecule has 3 aliphatic rings. The molecule has 7 nitrogen and oxygen atoms in total. The Hall–Kier alpha value is -3.20. The molecular weight excluding hydrogens is 517 g/mol. The van der Waals surface area contributed by atoms with E-state index < -0.39 is 5.82 Å². The molecule has 2 bridgehead atoms. The lowest BCUT2D eigenvalue weighted by molar-refractivity contribution is 0.379. The van der Waals surface area contributed by atoms with Gasteiger partial charge in [0.2, 0.25) is 0 Å². The summed E-state index contributed by atoms with van der Waals surface area (Å²) in [6, 6.07) is 13.1. The molecule has 39 heavy (non-hydrogen) atoms. The van der Waals surface area contributed by atoms with Gasteiger partial charge in [-0.05, 0) is 80.4 Å². The molecule has 0 radical (unpaired) electrons. The fraction of sp³-hybridized carbons (Fsp3) is 0.400. The number of fused-ring (bicyclic) bond motifs is 4. The van der Waals surface area contributed by atoms with Crippen LogP contribution in [0, 0.1) is 5.82 Å². The minimum Gasteiger partial charge on any atom is -0.508 e. The number of aromatic hydroxyl groups is 1. The number of benzene rings is 3. The molecule has 3 aliphatic heterocycles. The van der Waals surface area contributed by atoms with Gasteiger partial charge in [0.25, 0.3) is 0 Å². The highest BCUT2D eigenvalue weighted by Gasteiger charge is 2.39. The highest BCUT2D eigenvalue weighted by Crippen LogP contribution is 2.44. The zero-order valence-corrected chi connectivity index (χ0v) is 23.0. The summed E-state index contributed by atoms with van der Waals surface area (Å²) in [4.78, 5) is 13.6. The molecule has 0 aliphatic carbocycles. The van der Waals surface area contributed by atoms with Gasteiger partial charge in [0.15, 0.2) is 5.82 Å². The number of methoxy groups -OCH3 is 1. The summed E-state index contributed by atoms with van der Waals surface area (Å²) < 4.78 is 21.6. The first kappa shape index (κ1) is 26.0. The van der Waals surface area contributed by atoms with Crippen molar-refractivity contribution in [3.8, 4) is 22.9 Å². The van der Waals surface area contributed by atoms with E-state index in [0.717, 1.165) is 36.7 Å². The van der Waals surface area contributed by atoms with E-state index in [4.69, 9.17) is 16.3 Å². The molecule has 4 aromatic rings. The minimum atomic E-state index is -0.558. The Morgan fingerprint density at radius 3 is 2.41 bits per heavy atom. The first-order valence-corrected chi connectivity index (χ1v) is 14.0. The second kappa shape index (κ2) is 10.8. The quantitative estimate of drug-likeness (QED) is 0.344. The van der Waals surface area contributed by atoms with Crippen molar-refractivity contribution in [2.45, 2.75) is 37.8 Å². The first-order valence-electron chi connectivity index (χ1n) is 13.6. The number of rotatable bonds is 3. The van der Waals surface area contributed by atoms with E-state index in [1.165, 1.54) is 39.1 Å². The van der Waals surface area contributed by atoms with Gasteiger partial charge in [0, 0.05) is 36.1 Å². The maximum atomic E-state index is 16.2. The molecule has 2 N–H and O–H groups in total. The van der Waals surface area contributed by atoms with Gasteiger partial charge in [0.05, 0.1) is 12.1 Å². The van der Waals surface area contributed by atoms with Gasteiger partial charge >= 0.3 is 6.01 Å². The van der Waals surface area contributed by atoms with Crippen molar-refractivity contribution < 1.29 is 14.2 Å². The number of piperazine rings is 1. The molecule has 1 aromatic heterocycles. The number of likely N-dealkylation sites (tertiary alicyclic amines) is 1. The average molecular weight is 550 g/mol. The Kier molecular flexibility index (Phi) is 7.18. The molecule has 0 saturated carbocycles. The fourth-order valence-corrected chi connectivity index (χ4v) is 6.49. The molecule has 204 valence electrons. The van der Waals surface area contributed by atoms with E-state index in [1.54, 1.807) is 12.1 Å². The van der Waals surface area contributed by atoms with Crippen LogP contribution in [-0.2, 0) is 0 Å². The molecular formula is C30H33ClFN5O2. The summed E-state index contributed by atoms with van der Waals surface area (Å²) in [6.45, 7) is 4.35. The number of ether oxygens (including phenoxy) is 1. The van der Waals surface area contributed by atoms with Gasteiger partial charge in [0.1, 0.15) is 17.1 Å². The normalized spacial score (nSPS) is 20.9. The van der Waals surface area contributed by atoms with Crippen LogP contribution in [0.2, 0.25) is 5.02 Å². The highest BCUT2D eigenvalue weighted by molar-refractivity contribution is 6.35. The minimum absolute atomic E-state index is 0.0395. The molecule has 7 rings (SSSR count). The lowest BCUT2D eigenvalue weighted by Gasteiger charge is -2.37. The zero-order chi connectivity index (χ0) is 27.1. The SMILES string of the molecule is CN1CCCC1.COc1nc(N2C3CCC2CNC3)c2cc(Cl)c(-c3cc(O)cc4ccccc34)c(F)c2n1. The topological polar surface area (TPSA) is 73.8 Å². The van der Waals surface area contributed by atoms with Crippen molar-refractivity contribution in [2.24, 2.45) is 0 Å². The van der Waals surface area contributed by atoms with E-state index in [9.17, 15) is 5.11 Å². The summed E-state index contributed by atoms with van der Waals surface area (Å²) in [5, 5.41) is 16.2. The van der Waals surface area contributed by atoms with Crippen LogP contribution in [0.1, 0.15) is 25.7 Å². The monoisotopic (exact) mass is 549 g/mol. The van der Waals surface area contributed by atoms with Crippen molar-refractivity contribution in [2.75, 3.05) is 45.2 Å². The van der Waals surface area contributed by atoms with Gasteiger partial charge in [-0.15, -0.1) is 0 Å². The molecule has 3 aromatic carbocycles. The Labute approximate surface area is 232 Å². The first-order chi connectivity index (χ1) is 18.9. The van der Waals surface area contributed by atoms with Crippen LogP contribution in [0.25, 0.3) is 32.8 Å². The molecule has 0 spiro atoms. The van der Waals surface area contributed by atoms with E-state index in [0.29, 0.717) is 16.8 Å². The summed E-state index contributed by atoms with van der Waals surface area (Å²) in [5.74, 6) is 0.134. The van der Waals surface area contributed by atoms with Crippen LogP contribution in [0.4, 0.5) is 10.2 Å². The third kappa shape index (κ3) is 4.86. The van der Waals surface area contributed by atoms with Gasteiger partial charge < -0.3 is 25.0 Å². The van der Waals surface area contributed by atoms with Crippen LogP contribution in [0.3, 0.4) is 0 Å². The van der Waals surface area contributed by atoms with E-state index in [-0.39, 0.29) is 39.9 Å². The van der Waals surface area contributed by atoms with Gasteiger partial charge in [-0.2, -0.15) is 9.97 Å². The lowest BCUT2D eigenvalue weighted by atomic mass is 9.96. The summed E-state index contributed by atoms with van der Waals surface area (Å²) in [6.07, 6.45) is 4.93. The number of anilines is 1. The molecule has 3 saturated heterocycles. The number of phenols is 1. The molecule has 4 heterocycles. The second-order valence-electron chi connectivity index (χ2n) is 10.7. The predicted molar refractivity (Wildman–Crippen MR) is 155 cm³/mol. The van der Waals surface area contributed by atoms with Crippen LogP contribution in [0.15, 0.2) is 42.5 Å². The smallest absolute Gasteiger partial charge is 0.318 e. The number of nitrogens with one attached hydrogen (secondary N) is 1. The third-order valence-corrected chi connectivity index (χ3v) is 8.39. The number of halogens is 2. The van der Waals surface area contributed by atoms with Crippen LogP contribution < -0.4 is 15.0 Å². The van der Waals surface area contributed by atoms with Crippen molar-refractivity contribution in [3.63, 3.8) is 0 Å². The number of hydrogen-bond donors (Lipinski definition) is 2. The highest BCUT2D eigenvalue weighted by atomic mass is 35.5. The standard InChI is InChI=1S/C25H22ClFN4O2.C5H11N/c1-33-25-29-23-19(24(30-25)31-14-6-7-15(31)12-28-11-14)10-20(26)21(22(23)27)18-9-16(32)8-13-4-2-3-5-17(13)18;1-6-4-2-3-5-6/h2-5,8-10,14-15,28,32H,6-7,11-12H2,1H3;2-5H2,1H3. The Morgan fingerprint density at radius 1 is 1.03 bits per heavy atom. The molecule has 3 fully saturated rings. The fourth-order valence-electron chi connectivity index (χ4n) is 6.20. The van der Waals surface area contributed by atoms with Crippen molar-refractivity contribution in [3.05, 3.63) is 53.3 Å². The van der Waals surface area contributed by atoms with Crippen molar-refractivity contribution in [1.82, 2.24) is 20.2 Å². The third-order valence-electron chi connectivity index (χ3n) is 8.09. The van der Waals surface area contributed by atoms with Crippen LogP contribution in [-0.4, -0.2) is 72.4 Å². The second-order valence-corrected chi connectivity index (χ2v) is 11.1. The van der Waals surface area contributed by atoms with E-state index >= 15 is 4.39 Å². The van der Waals surface area contributed by atoms with Crippen LogP contribution >= 0.6 is 11.6 Å². The Balaban J connectivity index is 0.000000410. The number of hydrogen-bond acceptors (Lipinski definition) is 7. The van der Waals surface area contributed by atoms with E-state index in [1.807, 2.05) is 24.3 Å². The lowest BCUT2D eigenvalue weighted by Crippen LogP contribution is -2.52.